The predicted octanol–water partition coefficient (Wildman–Crippen LogP) is 2.88. The zero-order chi connectivity index (χ0) is 13.1. The third kappa shape index (κ3) is 2.55. The van der Waals surface area contributed by atoms with Gasteiger partial charge in [-0.15, -0.1) is 0 Å². The predicted molar refractivity (Wildman–Crippen MR) is 76.3 cm³/mol. The number of nitrogens with zero attached hydrogens (tertiary/aromatic N) is 2. The third-order valence-corrected chi connectivity index (χ3v) is 4.94. The van der Waals surface area contributed by atoms with E-state index >= 15 is 0 Å². The van der Waals surface area contributed by atoms with Gasteiger partial charge in [0.15, 0.2) is 5.82 Å². The maximum atomic E-state index is 4.90. The van der Waals surface area contributed by atoms with E-state index in [0.717, 1.165) is 24.7 Å². The fourth-order valence-corrected chi connectivity index (χ4v) is 3.81. The van der Waals surface area contributed by atoms with Gasteiger partial charge in [-0.3, -0.25) is 5.10 Å². The molecule has 1 aliphatic carbocycles. The molecule has 0 spiro atoms. The molecule has 2 N–H and O–H groups in total. The average molecular weight is 262 g/mol. The van der Waals surface area contributed by atoms with Crippen molar-refractivity contribution in [3.05, 3.63) is 11.6 Å². The highest BCUT2D eigenvalue weighted by Crippen LogP contribution is 2.35. The summed E-state index contributed by atoms with van der Waals surface area (Å²) in [6.45, 7) is 4.41. The zero-order valence-corrected chi connectivity index (χ0v) is 12.0. The van der Waals surface area contributed by atoms with Crippen LogP contribution in [-0.4, -0.2) is 28.3 Å². The summed E-state index contributed by atoms with van der Waals surface area (Å²) in [6.07, 6.45) is 10.2. The molecule has 0 aromatic carbocycles. The minimum absolute atomic E-state index is 0.193. The molecule has 3 rings (SSSR count). The highest BCUT2D eigenvalue weighted by atomic mass is 15.2. The summed E-state index contributed by atoms with van der Waals surface area (Å²) in [5.41, 5.74) is 0.193. The maximum Gasteiger partial charge on any atom is 0.158 e. The second-order valence-corrected chi connectivity index (χ2v) is 6.34. The minimum Gasteiger partial charge on any atom is -0.316 e. The van der Waals surface area contributed by atoms with Gasteiger partial charge in [0, 0.05) is 17.9 Å². The van der Waals surface area contributed by atoms with Crippen LogP contribution in [0, 0.1) is 0 Å². The number of rotatable bonds is 4. The van der Waals surface area contributed by atoms with Gasteiger partial charge >= 0.3 is 0 Å². The average Bonchev–Trinajstić information content (AvgIpc) is 3.09. The van der Waals surface area contributed by atoms with Crippen LogP contribution >= 0.6 is 0 Å². The number of aromatic amines is 1. The second-order valence-electron chi connectivity index (χ2n) is 6.34. The van der Waals surface area contributed by atoms with Crippen molar-refractivity contribution in [1.29, 1.82) is 0 Å². The Kier molecular flexibility index (Phi) is 3.87. The van der Waals surface area contributed by atoms with Gasteiger partial charge in [-0.25, -0.2) is 4.98 Å². The Morgan fingerprint density at radius 3 is 2.79 bits per heavy atom. The topological polar surface area (TPSA) is 53.6 Å². The summed E-state index contributed by atoms with van der Waals surface area (Å²) in [6, 6.07) is 0. The van der Waals surface area contributed by atoms with Gasteiger partial charge in [-0.1, -0.05) is 32.6 Å². The number of H-pyrrole nitrogens is 1. The maximum absolute atomic E-state index is 4.90. The SMILES string of the molecule is CCCC1(c2n[nH]c(C3CCCCC3)n2)CCNC1. The summed E-state index contributed by atoms with van der Waals surface area (Å²) in [4.78, 5) is 4.90. The molecule has 19 heavy (non-hydrogen) atoms. The van der Waals surface area contributed by atoms with Gasteiger partial charge in [0.05, 0.1) is 0 Å². The summed E-state index contributed by atoms with van der Waals surface area (Å²) in [5.74, 6) is 2.85. The molecule has 1 saturated carbocycles. The van der Waals surface area contributed by atoms with Crippen LogP contribution in [0.2, 0.25) is 0 Å². The van der Waals surface area contributed by atoms with Crippen LogP contribution in [0.4, 0.5) is 0 Å². The van der Waals surface area contributed by atoms with E-state index in [2.05, 4.69) is 22.4 Å². The Hall–Kier alpha value is -0.900. The summed E-state index contributed by atoms with van der Waals surface area (Å²) in [7, 11) is 0. The normalized spacial score (nSPS) is 28.9. The first-order valence-electron chi connectivity index (χ1n) is 7.97. The van der Waals surface area contributed by atoms with E-state index in [4.69, 9.17) is 4.98 Å². The lowest BCUT2D eigenvalue weighted by atomic mass is 9.81. The highest BCUT2D eigenvalue weighted by Gasteiger charge is 2.38. The number of aromatic nitrogens is 3. The van der Waals surface area contributed by atoms with E-state index in [0.29, 0.717) is 5.92 Å². The first-order chi connectivity index (χ1) is 9.34. The van der Waals surface area contributed by atoms with Crippen molar-refractivity contribution in [1.82, 2.24) is 20.5 Å². The Morgan fingerprint density at radius 2 is 2.11 bits per heavy atom. The van der Waals surface area contributed by atoms with Crippen molar-refractivity contribution in [3.8, 4) is 0 Å². The molecule has 4 heteroatoms. The molecule has 2 aliphatic rings. The van der Waals surface area contributed by atoms with E-state index in [1.807, 2.05) is 0 Å². The molecule has 1 aliphatic heterocycles. The Balaban J connectivity index is 1.79. The molecule has 106 valence electrons. The summed E-state index contributed by atoms with van der Waals surface area (Å²) < 4.78 is 0. The molecule has 1 aromatic heterocycles. The molecule has 1 unspecified atom stereocenters. The largest absolute Gasteiger partial charge is 0.316 e. The second kappa shape index (κ2) is 5.61. The van der Waals surface area contributed by atoms with Crippen LogP contribution < -0.4 is 5.32 Å². The Morgan fingerprint density at radius 1 is 1.26 bits per heavy atom. The van der Waals surface area contributed by atoms with Crippen LogP contribution in [-0.2, 0) is 5.41 Å². The molecule has 1 atom stereocenters. The van der Waals surface area contributed by atoms with Gasteiger partial charge in [-0.2, -0.15) is 5.10 Å². The van der Waals surface area contributed by atoms with Crippen LogP contribution in [0.15, 0.2) is 0 Å². The first kappa shape index (κ1) is 13.1. The lowest BCUT2D eigenvalue weighted by molar-refractivity contribution is 0.400. The molecule has 1 aromatic rings. The van der Waals surface area contributed by atoms with Crippen molar-refractivity contribution in [2.24, 2.45) is 0 Å². The molecule has 1 saturated heterocycles. The van der Waals surface area contributed by atoms with Crippen LogP contribution in [0.3, 0.4) is 0 Å². The van der Waals surface area contributed by atoms with Gasteiger partial charge in [0.2, 0.25) is 0 Å². The lowest BCUT2D eigenvalue weighted by Gasteiger charge is -2.24. The standard InChI is InChI=1S/C15H26N4/c1-2-8-15(9-10-16-11-15)14-17-13(18-19-14)12-6-4-3-5-7-12/h12,16H,2-11H2,1H3,(H,17,18,19). The number of hydrogen-bond donors (Lipinski definition) is 2. The van der Waals surface area contributed by atoms with Crippen molar-refractivity contribution in [2.45, 2.75) is 69.6 Å². The fourth-order valence-electron chi connectivity index (χ4n) is 3.81. The number of nitrogens with one attached hydrogen (secondary N) is 2. The van der Waals surface area contributed by atoms with E-state index in [-0.39, 0.29) is 5.41 Å². The van der Waals surface area contributed by atoms with Crippen LogP contribution in [0.25, 0.3) is 0 Å². The monoisotopic (exact) mass is 262 g/mol. The molecule has 0 bridgehead atoms. The minimum atomic E-state index is 0.193. The third-order valence-electron chi connectivity index (χ3n) is 4.94. The van der Waals surface area contributed by atoms with Crippen molar-refractivity contribution < 1.29 is 0 Å². The Labute approximate surface area is 115 Å². The van der Waals surface area contributed by atoms with Crippen LogP contribution in [0.5, 0.6) is 0 Å². The van der Waals surface area contributed by atoms with Gasteiger partial charge < -0.3 is 5.32 Å². The number of hydrogen-bond acceptors (Lipinski definition) is 3. The first-order valence-corrected chi connectivity index (χ1v) is 7.97. The summed E-state index contributed by atoms with van der Waals surface area (Å²) in [5, 5.41) is 11.3. The van der Waals surface area contributed by atoms with E-state index in [1.165, 1.54) is 51.4 Å². The quantitative estimate of drug-likeness (QED) is 0.877. The van der Waals surface area contributed by atoms with Gasteiger partial charge in [0.25, 0.3) is 0 Å². The smallest absolute Gasteiger partial charge is 0.158 e. The van der Waals surface area contributed by atoms with Crippen molar-refractivity contribution >= 4 is 0 Å². The summed E-state index contributed by atoms with van der Waals surface area (Å²) >= 11 is 0. The Bertz CT molecular complexity index is 400. The molecule has 4 nitrogen and oxygen atoms in total. The van der Waals surface area contributed by atoms with E-state index < -0.39 is 0 Å². The molecular formula is C15H26N4. The highest BCUT2D eigenvalue weighted by molar-refractivity contribution is 5.14. The van der Waals surface area contributed by atoms with Crippen molar-refractivity contribution in [3.63, 3.8) is 0 Å². The van der Waals surface area contributed by atoms with Gasteiger partial charge in [0.1, 0.15) is 5.82 Å². The van der Waals surface area contributed by atoms with Gasteiger partial charge in [-0.05, 0) is 32.2 Å². The fraction of sp³-hybridized carbons (Fsp3) is 0.867. The molecular weight excluding hydrogens is 236 g/mol. The van der Waals surface area contributed by atoms with E-state index in [9.17, 15) is 0 Å². The molecule has 0 radical (unpaired) electrons. The van der Waals surface area contributed by atoms with Crippen molar-refractivity contribution in [2.75, 3.05) is 13.1 Å². The lowest BCUT2D eigenvalue weighted by Crippen LogP contribution is -2.30. The molecule has 2 heterocycles. The zero-order valence-electron chi connectivity index (χ0n) is 12.0. The van der Waals surface area contributed by atoms with E-state index in [1.54, 1.807) is 0 Å². The molecule has 2 fully saturated rings. The van der Waals surface area contributed by atoms with Crippen LogP contribution in [0.1, 0.15) is 75.9 Å². The molecule has 0 amide bonds.